The number of amidine groups is 1. The van der Waals surface area contributed by atoms with Crippen LogP contribution in [0.3, 0.4) is 0 Å². The van der Waals surface area contributed by atoms with Crippen molar-refractivity contribution in [1.29, 1.82) is 5.26 Å². The highest BCUT2D eigenvalue weighted by Gasteiger charge is 2.38. The van der Waals surface area contributed by atoms with Gasteiger partial charge in [0.05, 0.1) is 18.2 Å². The van der Waals surface area contributed by atoms with Crippen molar-refractivity contribution in [3.63, 3.8) is 0 Å². The Labute approximate surface area is 126 Å². The maximum atomic E-state index is 13.2. The molecule has 0 saturated carbocycles. The highest BCUT2D eigenvalue weighted by Crippen LogP contribution is 2.43. The zero-order valence-electron chi connectivity index (χ0n) is 11.8. The van der Waals surface area contributed by atoms with Crippen molar-refractivity contribution >= 4 is 11.7 Å². The molecule has 0 aliphatic carbocycles. The van der Waals surface area contributed by atoms with E-state index >= 15 is 0 Å². The lowest BCUT2D eigenvalue weighted by Crippen LogP contribution is -2.31. The molecule has 22 heavy (non-hydrogen) atoms. The molecule has 1 aliphatic heterocycles. The van der Waals surface area contributed by atoms with Gasteiger partial charge in [0.25, 0.3) is 5.88 Å². The Kier molecular flexibility index (Phi) is 3.61. The van der Waals surface area contributed by atoms with E-state index in [-0.39, 0.29) is 24.1 Å². The van der Waals surface area contributed by atoms with E-state index in [0.29, 0.717) is 11.3 Å². The molecule has 7 heteroatoms. The number of aliphatic imine (C=N–C) groups is 1. The van der Waals surface area contributed by atoms with E-state index in [1.165, 1.54) is 19.2 Å². The van der Waals surface area contributed by atoms with Gasteiger partial charge in [0.15, 0.2) is 0 Å². The van der Waals surface area contributed by atoms with E-state index in [0.717, 1.165) is 5.56 Å². The van der Waals surface area contributed by atoms with Gasteiger partial charge in [-0.2, -0.15) is 10.3 Å². The number of ether oxygens (including phenoxy) is 1. The molecule has 2 atom stereocenters. The van der Waals surface area contributed by atoms with Crippen molar-refractivity contribution in [3.05, 3.63) is 46.9 Å². The Morgan fingerprint density at radius 1 is 1.41 bits per heavy atom. The van der Waals surface area contributed by atoms with Gasteiger partial charge >= 0.3 is 0 Å². The molecule has 1 aliphatic rings. The first-order valence-electron chi connectivity index (χ1n) is 6.62. The average Bonchev–Trinajstić information content (AvgIpc) is 2.90. The Bertz CT molecular complexity index is 761. The van der Waals surface area contributed by atoms with E-state index in [2.05, 4.69) is 16.2 Å². The fourth-order valence-electron chi connectivity index (χ4n) is 2.65. The third-order valence-electron chi connectivity index (χ3n) is 3.63. The number of hydrogen-bond acceptors (Lipinski definition) is 6. The average molecular weight is 300 g/mol. The largest absolute Gasteiger partial charge is 0.386 e. The first kappa shape index (κ1) is 14.2. The van der Waals surface area contributed by atoms with E-state index in [1.807, 2.05) is 0 Å². The monoisotopic (exact) mass is 300 g/mol. The summed E-state index contributed by atoms with van der Waals surface area (Å²) in [6.45, 7) is 0.226. The zero-order chi connectivity index (χ0) is 15.7. The van der Waals surface area contributed by atoms with Crippen molar-refractivity contribution in [2.75, 3.05) is 7.11 Å². The molecule has 2 N–H and O–H groups in total. The Balaban J connectivity index is 2.18. The van der Waals surface area contributed by atoms with Crippen LogP contribution in [0.25, 0.3) is 0 Å². The lowest BCUT2D eigenvalue weighted by molar-refractivity contribution is 0.176. The van der Waals surface area contributed by atoms with Crippen molar-refractivity contribution in [3.8, 4) is 6.07 Å². The molecule has 2 heterocycles. The molecule has 6 nitrogen and oxygen atoms in total. The molecule has 0 saturated heterocycles. The predicted molar refractivity (Wildman–Crippen MR) is 75.8 cm³/mol. The second kappa shape index (κ2) is 5.58. The van der Waals surface area contributed by atoms with Crippen molar-refractivity contribution in [2.45, 2.75) is 12.5 Å². The molecule has 3 rings (SSSR count). The highest BCUT2D eigenvalue weighted by molar-refractivity contribution is 5.91. The van der Waals surface area contributed by atoms with Gasteiger partial charge in [-0.1, -0.05) is 17.3 Å². The molecule has 0 radical (unpaired) electrons. The molecule has 1 aromatic carbocycles. The van der Waals surface area contributed by atoms with Crippen molar-refractivity contribution < 1.29 is 13.7 Å². The fourth-order valence-corrected chi connectivity index (χ4v) is 2.65. The molecule has 1 aromatic heterocycles. The SMILES string of the molecule is COCc1noc2c1C(c1ccc(F)cc1)C(C#N)C(N)=N2. The standard InChI is InChI=1S/C15H13FN4O2/c1-21-7-11-13-12(8-2-4-9(16)5-3-8)10(6-17)14(18)19-15(13)22-20-11/h2-5,10,12H,7H2,1H3,(H2,18,19). The zero-order valence-corrected chi connectivity index (χ0v) is 11.8. The van der Waals surface area contributed by atoms with Gasteiger partial charge in [-0.25, -0.2) is 4.39 Å². The van der Waals surface area contributed by atoms with Crippen molar-refractivity contribution in [2.24, 2.45) is 16.6 Å². The van der Waals surface area contributed by atoms with Gasteiger partial charge in [-0.3, -0.25) is 0 Å². The maximum Gasteiger partial charge on any atom is 0.256 e. The Hall–Kier alpha value is -2.72. The van der Waals surface area contributed by atoms with Crippen LogP contribution in [0.15, 0.2) is 33.8 Å². The second-order valence-electron chi connectivity index (χ2n) is 4.95. The van der Waals surface area contributed by atoms with E-state index in [9.17, 15) is 9.65 Å². The molecule has 0 spiro atoms. The van der Waals surface area contributed by atoms with Crippen LogP contribution >= 0.6 is 0 Å². The number of hydrogen-bond donors (Lipinski definition) is 1. The molecule has 2 aromatic rings. The van der Waals surface area contributed by atoms with Crippen LogP contribution in [-0.4, -0.2) is 18.1 Å². The molecular formula is C15H13FN4O2. The summed E-state index contributed by atoms with van der Waals surface area (Å²) in [4.78, 5) is 4.11. The lowest BCUT2D eigenvalue weighted by atomic mass is 9.79. The van der Waals surface area contributed by atoms with Crippen molar-refractivity contribution in [1.82, 2.24) is 5.16 Å². The summed E-state index contributed by atoms with van der Waals surface area (Å²) in [7, 11) is 1.54. The molecule has 0 amide bonds. The van der Waals surface area contributed by atoms with Crippen LogP contribution in [0.4, 0.5) is 10.3 Å². The lowest BCUT2D eigenvalue weighted by Gasteiger charge is -2.25. The Morgan fingerprint density at radius 2 is 2.14 bits per heavy atom. The minimum Gasteiger partial charge on any atom is -0.386 e. The number of nitriles is 1. The number of aromatic nitrogens is 1. The van der Waals surface area contributed by atoms with E-state index < -0.39 is 11.8 Å². The summed E-state index contributed by atoms with van der Waals surface area (Å²) < 4.78 is 23.5. The summed E-state index contributed by atoms with van der Waals surface area (Å²) in [5.41, 5.74) is 7.84. The molecule has 0 fully saturated rings. The van der Waals surface area contributed by atoms with Crippen LogP contribution in [0, 0.1) is 23.1 Å². The number of fused-ring (bicyclic) bond motifs is 1. The third-order valence-corrected chi connectivity index (χ3v) is 3.63. The second-order valence-corrected chi connectivity index (χ2v) is 4.95. The summed E-state index contributed by atoms with van der Waals surface area (Å²) in [5, 5.41) is 13.4. The summed E-state index contributed by atoms with van der Waals surface area (Å²) >= 11 is 0. The quantitative estimate of drug-likeness (QED) is 0.937. The summed E-state index contributed by atoms with van der Waals surface area (Å²) in [6, 6.07) is 8.08. The topological polar surface area (TPSA) is 97.4 Å². The normalized spacial score (nSPS) is 20.1. The number of nitrogens with two attached hydrogens (primary N) is 1. The molecular weight excluding hydrogens is 287 g/mol. The molecule has 0 bridgehead atoms. The Morgan fingerprint density at radius 3 is 2.77 bits per heavy atom. The predicted octanol–water partition coefficient (Wildman–Crippen LogP) is 2.23. The van der Waals surface area contributed by atoms with E-state index in [1.54, 1.807) is 12.1 Å². The van der Waals surface area contributed by atoms with Crippen LogP contribution in [0.5, 0.6) is 0 Å². The van der Waals surface area contributed by atoms with Crippen LogP contribution < -0.4 is 5.73 Å². The number of rotatable bonds is 3. The number of halogens is 1. The van der Waals surface area contributed by atoms with Gasteiger partial charge in [-0.05, 0) is 17.7 Å². The van der Waals surface area contributed by atoms with Crippen LogP contribution in [0.1, 0.15) is 22.7 Å². The van der Waals surface area contributed by atoms with E-state index in [4.69, 9.17) is 15.0 Å². The first-order chi connectivity index (χ1) is 10.7. The maximum absolute atomic E-state index is 13.2. The van der Waals surface area contributed by atoms with Gasteiger partial charge in [0.1, 0.15) is 23.3 Å². The number of benzene rings is 1. The smallest absolute Gasteiger partial charge is 0.256 e. The minimum absolute atomic E-state index is 0.157. The summed E-state index contributed by atoms with van der Waals surface area (Å²) in [6.07, 6.45) is 0. The van der Waals surface area contributed by atoms with Gasteiger partial charge in [0.2, 0.25) is 0 Å². The molecule has 112 valence electrons. The number of nitrogens with zero attached hydrogens (tertiary/aromatic N) is 3. The minimum atomic E-state index is -0.673. The molecule has 2 unspecified atom stereocenters. The van der Waals surface area contributed by atoms with Gasteiger partial charge in [-0.15, -0.1) is 0 Å². The first-order valence-corrected chi connectivity index (χ1v) is 6.62. The fraction of sp³-hybridized carbons (Fsp3) is 0.267. The van der Waals surface area contributed by atoms with Crippen LogP contribution in [0.2, 0.25) is 0 Å². The van der Waals surface area contributed by atoms with Gasteiger partial charge in [0, 0.05) is 13.0 Å². The number of methoxy groups -OCH3 is 1. The van der Waals surface area contributed by atoms with Crippen LogP contribution in [-0.2, 0) is 11.3 Å². The third kappa shape index (κ3) is 2.23. The highest BCUT2D eigenvalue weighted by atomic mass is 19.1. The summed E-state index contributed by atoms with van der Waals surface area (Å²) in [5.74, 6) is -1.02. The van der Waals surface area contributed by atoms with Gasteiger partial charge < -0.3 is 15.0 Å².